The van der Waals surface area contributed by atoms with Gasteiger partial charge in [-0.2, -0.15) is 0 Å². The molecule has 2 saturated carbocycles. The summed E-state index contributed by atoms with van der Waals surface area (Å²) in [6, 6.07) is 1.34. The predicted octanol–water partition coefficient (Wildman–Crippen LogP) is 7.54. The van der Waals surface area contributed by atoms with Crippen molar-refractivity contribution in [1.29, 1.82) is 0 Å². The summed E-state index contributed by atoms with van der Waals surface area (Å²) in [6.07, 6.45) is 16.7. The third-order valence-corrected chi connectivity index (χ3v) is 11.5. The van der Waals surface area contributed by atoms with E-state index in [2.05, 4.69) is 57.0 Å². The Morgan fingerprint density at radius 1 is 1.00 bits per heavy atom. The minimum atomic E-state index is -0.151. The topological polar surface area (TPSA) is 38.8 Å². The fourth-order valence-corrected chi connectivity index (χ4v) is 9.18. The molecule has 4 aliphatic rings. The van der Waals surface area contributed by atoms with Gasteiger partial charge in [0.05, 0.1) is 4.87 Å². The van der Waals surface area contributed by atoms with E-state index in [1.54, 1.807) is 4.90 Å². The SMILES string of the molecule is CN(C)C(=O)N[C@H]1C[C@@H](CCC(C)(C)C2C3CCCCCC(CCC3)C3(Cl)CN2N(C)C3CC(C)(C)C)C1. The number of hydrogen-bond donors (Lipinski definition) is 1. The fraction of sp³-hybridized carbons (Fsp3) is 0.969. The number of carbonyl (C=O) groups excluding carboxylic acids is 1. The van der Waals surface area contributed by atoms with Crippen molar-refractivity contribution in [2.45, 2.75) is 141 Å². The van der Waals surface area contributed by atoms with Gasteiger partial charge in [-0.1, -0.05) is 60.3 Å². The molecule has 2 saturated heterocycles. The molecule has 2 aliphatic heterocycles. The molecule has 6 heteroatoms. The lowest BCUT2D eigenvalue weighted by Crippen LogP contribution is -2.55. The third kappa shape index (κ3) is 6.68. The van der Waals surface area contributed by atoms with Crippen LogP contribution in [0.3, 0.4) is 0 Å². The van der Waals surface area contributed by atoms with Gasteiger partial charge in [0.15, 0.2) is 0 Å². The highest BCUT2D eigenvalue weighted by Crippen LogP contribution is 2.53. The van der Waals surface area contributed by atoms with E-state index in [0.717, 1.165) is 37.6 Å². The van der Waals surface area contributed by atoms with E-state index >= 15 is 0 Å². The molecule has 4 rings (SSSR count). The molecular weight excluding hydrogens is 492 g/mol. The highest BCUT2D eigenvalue weighted by atomic mass is 35.5. The molecule has 0 aromatic rings. The summed E-state index contributed by atoms with van der Waals surface area (Å²) in [6.45, 7) is 13.3. The van der Waals surface area contributed by atoms with Gasteiger partial charge in [0.1, 0.15) is 0 Å². The molecule has 6 unspecified atom stereocenters. The van der Waals surface area contributed by atoms with Gasteiger partial charge in [0, 0.05) is 45.8 Å². The van der Waals surface area contributed by atoms with Gasteiger partial charge in [0.2, 0.25) is 0 Å². The summed E-state index contributed by atoms with van der Waals surface area (Å²) in [5.41, 5.74) is 0.479. The van der Waals surface area contributed by atoms with E-state index in [0.29, 0.717) is 24.0 Å². The van der Waals surface area contributed by atoms with Crippen LogP contribution < -0.4 is 5.32 Å². The summed E-state index contributed by atoms with van der Waals surface area (Å²) in [4.78, 5) is 13.5. The molecule has 0 aromatic heterocycles. The maximum absolute atomic E-state index is 12.1. The van der Waals surface area contributed by atoms with Crippen LogP contribution in [-0.4, -0.2) is 71.6 Å². The van der Waals surface area contributed by atoms with Gasteiger partial charge in [-0.3, -0.25) is 0 Å². The van der Waals surface area contributed by atoms with Gasteiger partial charge in [-0.25, -0.2) is 14.8 Å². The van der Waals surface area contributed by atoms with E-state index in [1.807, 2.05) is 14.1 Å². The average Bonchev–Trinajstić information content (AvgIpc) is 3.04. The standard InChI is InChI=1S/C32H59ClN4O/c1-30(2,3)21-27-32(33)22-37(36(27)8)28(24-13-10-9-11-15-25(32)16-12-14-24)31(4,5)18-17-23-19-26(20-23)34-29(38)35(6)7/h23-28H,9-22H2,1-8H3,(H,34,38)/t23-,24?,25?,26+,27?,28?,32?. The highest BCUT2D eigenvalue weighted by molar-refractivity contribution is 6.25. The minimum Gasteiger partial charge on any atom is -0.335 e. The fourth-order valence-electron chi connectivity index (χ4n) is 8.62. The van der Waals surface area contributed by atoms with Crippen LogP contribution in [0.4, 0.5) is 4.79 Å². The Hall–Kier alpha value is -0.520. The monoisotopic (exact) mass is 550 g/mol. The number of hydrogen-bond acceptors (Lipinski definition) is 3. The number of rotatable bonds is 6. The molecule has 2 aliphatic carbocycles. The van der Waals surface area contributed by atoms with Gasteiger partial charge >= 0.3 is 6.03 Å². The van der Waals surface area contributed by atoms with Crippen LogP contribution in [0.15, 0.2) is 0 Å². The quantitative estimate of drug-likeness (QED) is 0.347. The van der Waals surface area contributed by atoms with Crippen molar-refractivity contribution >= 4 is 17.6 Å². The zero-order valence-electron chi connectivity index (χ0n) is 26.0. The minimum absolute atomic E-state index is 0.0457. The van der Waals surface area contributed by atoms with Crippen molar-refractivity contribution in [3.05, 3.63) is 0 Å². The first kappa shape index (κ1) is 30.4. The molecule has 0 aromatic carbocycles. The van der Waals surface area contributed by atoms with Crippen LogP contribution in [0.5, 0.6) is 0 Å². The first-order chi connectivity index (χ1) is 17.7. The number of hydrazine groups is 1. The van der Waals surface area contributed by atoms with Crippen LogP contribution in [0, 0.1) is 28.6 Å². The molecule has 4 bridgehead atoms. The Bertz CT molecular complexity index is 804. The second-order valence-corrected chi connectivity index (χ2v) is 16.5. The molecule has 2 amide bonds. The Labute approximate surface area is 239 Å². The Kier molecular flexibility index (Phi) is 9.42. The van der Waals surface area contributed by atoms with Crippen LogP contribution in [0.1, 0.15) is 118 Å². The molecule has 220 valence electrons. The molecule has 6 atom stereocenters. The molecule has 38 heavy (non-hydrogen) atoms. The van der Waals surface area contributed by atoms with Crippen molar-refractivity contribution in [3.63, 3.8) is 0 Å². The summed E-state index contributed by atoms with van der Waals surface area (Å²) in [5, 5.41) is 8.63. The number of nitrogens with zero attached hydrogens (tertiary/aromatic N) is 3. The largest absolute Gasteiger partial charge is 0.335 e. The van der Waals surface area contributed by atoms with E-state index in [-0.39, 0.29) is 21.7 Å². The van der Waals surface area contributed by atoms with Gasteiger partial charge in [-0.15, -0.1) is 11.6 Å². The number of halogens is 1. The first-order valence-corrected chi connectivity index (χ1v) is 16.3. The normalized spacial score (nSPS) is 38.7. The van der Waals surface area contributed by atoms with Crippen LogP contribution >= 0.6 is 11.6 Å². The van der Waals surface area contributed by atoms with Gasteiger partial charge in [0.25, 0.3) is 0 Å². The van der Waals surface area contributed by atoms with E-state index in [9.17, 15) is 4.79 Å². The van der Waals surface area contributed by atoms with Gasteiger partial charge < -0.3 is 10.2 Å². The maximum Gasteiger partial charge on any atom is 0.317 e. The van der Waals surface area contributed by atoms with Crippen LogP contribution in [-0.2, 0) is 0 Å². The Balaban J connectivity index is 1.54. The molecule has 0 radical (unpaired) electrons. The summed E-state index contributed by atoms with van der Waals surface area (Å²) in [5.74, 6) is 2.10. The van der Waals surface area contributed by atoms with Crippen molar-refractivity contribution in [2.75, 3.05) is 27.7 Å². The third-order valence-electron chi connectivity index (χ3n) is 10.8. The number of alkyl halides is 1. The maximum atomic E-state index is 12.1. The zero-order chi connectivity index (χ0) is 27.9. The van der Waals surface area contributed by atoms with Crippen LogP contribution in [0.2, 0.25) is 0 Å². The Morgan fingerprint density at radius 3 is 2.29 bits per heavy atom. The summed E-state index contributed by atoms with van der Waals surface area (Å²) >= 11 is 7.92. The van der Waals surface area contributed by atoms with Crippen molar-refractivity contribution in [1.82, 2.24) is 20.2 Å². The molecule has 5 nitrogen and oxygen atoms in total. The zero-order valence-corrected chi connectivity index (χ0v) is 26.7. The molecule has 4 fully saturated rings. The summed E-state index contributed by atoms with van der Waals surface area (Å²) in [7, 11) is 6.01. The number of urea groups is 1. The van der Waals surface area contributed by atoms with Gasteiger partial charge in [-0.05, 0) is 86.4 Å². The van der Waals surface area contributed by atoms with E-state index < -0.39 is 0 Å². The number of nitrogens with one attached hydrogen (secondary N) is 1. The number of carbonyl (C=O) groups is 1. The summed E-state index contributed by atoms with van der Waals surface area (Å²) < 4.78 is 0. The second kappa shape index (κ2) is 11.8. The lowest BCUT2D eigenvalue weighted by molar-refractivity contribution is -0.0941. The number of amides is 2. The lowest BCUT2D eigenvalue weighted by Gasteiger charge is -2.49. The van der Waals surface area contributed by atoms with E-state index in [1.165, 1.54) is 64.2 Å². The predicted molar refractivity (Wildman–Crippen MR) is 160 cm³/mol. The van der Waals surface area contributed by atoms with Crippen molar-refractivity contribution < 1.29 is 4.79 Å². The first-order valence-electron chi connectivity index (χ1n) is 15.9. The number of fused-ring (bicyclic) bond motifs is 7. The highest BCUT2D eigenvalue weighted by Gasteiger charge is 2.58. The average molecular weight is 551 g/mol. The van der Waals surface area contributed by atoms with Crippen molar-refractivity contribution in [2.24, 2.45) is 28.6 Å². The molecule has 0 spiro atoms. The Morgan fingerprint density at radius 2 is 1.63 bits per heavy atom. The smallest absolute Gasteiger partial charge is 0.317 e. The van der Waals surface area contributed by atoms with Crippen LogP contribution in [0.25, 0.3) is 0 Å². The lowest BCUT2D eigenvalue weighted by atomic mass is 9.67. The molecule has 2 heterocycles. The second-order valence-electron chi connectivity index (χ2n) is 15.8. The molecular formula is C32H59ClN4O. The van der Waals surface area contributed by atoms with Crippen molar-refractivity contribution in [3.8, 4) is 0 Å². The van der Waals surface area contributed by atoms with E-state index in [4.69, 9.17) is 11.6 Å². The molecule has 1 N–H and O–H groups in total.